The van der Waals surface area contributed by atoms with E-state index in [9.17, 15) is 0 Å². The van der Waals surface area contributed by atoms with Crippen molar-refractivity contribution < 1.29 is 8.78 Å². The van der Waals surface area contributed by atoms with Gasteiger partial charge in [-0.1, -0.05) is 134 Å². The number of nitrogens with zero attached hydrogens (tertiary/aromatic N) is 1. The van der Waals surface area contributed by atoms with E-state index in [0.29, 0.717) is 5.69 Å². The molecule has 0 unspecified atom stereocenters. The lowest BCUT2D eigenvalue weighted by Crippen LogP contribution is -2.55. The molecule has 41 heavy (non-hydrogen) atoms. The molecule has 202 valence electrons. The standard InChI is InChI=1S/C38H31F2N/c1-2-29-13-15-32(16-14-29)33-17-19-36(20-18-33)41(37(39)25-21-34(22-26-37)30-9-5-3-6-10-30)38(40)27-23-35(24-28-38)31-11-7-4-8-12-31/h2-28,34-35H,1H2. The molecule has 0 atom stereocenters. The fourth-order valence-corrected chi connectivity index (χ4v) is 5.56. The maximum atomic E-state index is 17.0. The third kappa shape index (κ3) is 5.36. The summed E-state index contributed by atoms with van der Waals surface area (Å²) in [5, 5.41) is 0. The van der Waals surface area contributed by atoms with Gasteiger partial charge in [0.25, 0.3) is 0 Å². The van der Waals surface area contributed by atoms with Gasteiger partial charge < -0.3 is 0 Å². The maximum Gasteiger partial charge on any atom is 0.223 e. The van der Waals surface area contributed by atoms with Gasteiger partial charge in [-0.3, -0.25) is 4.90 Å². The summed E-state index contributed by atoms with van der Waals surface area (Å²) in [6, 6.07) is 35.2. The average Bonchev–Trinajstić information content (AvgIpc) is 3.03. The largest absolute Gasteiger partial charge is 0.293 e. The van der Waals surface area contributed by atoms with Crippen LogP contribution in [0.3, 0.4) is 0 Å². The van der Waals surface area contributed by atoms with Gasteiger partial charge >= 0.3 is 0 Å². The van der Waals surface area contributed by atoms with Crippen LogP contribution in [0.25, 0.3) is 17.2 Å². The average molecular weight is 540 g/mol. The summed E-state index contributed by atoms with van der Waals surface area (Å²) in [7, 11) is 0. The maximum absolute atomic E-state index is 17.0. The Hall–Kier alpha value is -4.76. The number of halogens is 2. The molecule has 2 aliphatic rings. The van der Waals surface area contributed by atoms with Gasteiger partial charge in [0.1, 0.15) is 0 Å². The quantitative estimate of drug-likeness (QED) is 0.167. The van der Waals surface area contributed by atoms with Gasteiger partial charge in [-0.05, 0) is 64.3 Å². The van der Waals surface area contributed by atoms with E-state index in [1.807, 2.05) is 121 Å². The highest BCUT2D eigenvalue weighted by atomic mass is 19.2. The smallest absolute Gasteiger partial charge is 0.223 e. The number of allylic oxidation sites excluding steroid dienone is 4. The molecule has 4 aromatic rings. The first-order valence-electron chi connectivity index (χ1n) is 13.9. The zero-order chi connectivity index (χ0) is 28.3. The molecule has 2 aliphatic carbocycles. The zero-order valence-electron chi connectivity index (χ0n) is 22.7. The minimum absolute atomic E-state index is 0.0849. The highest BCUT2D eigenvalue weighted by molar-refractivity contribution is 5.69. The highest BCUT2D eigenvalue weighted by Crippen LogP contribution is 2.43. The molecule has 1 nitrogen and oxygen atoms in total. The van der Waals surface area contributed by atoms with Crippen molar-refractivity contribution in [1.82, 2.24) is 0 Å². The highest BCUT2D eigenvalue weighted by Gasteiger charge is 2.46. The van der Waals surface area contributed by atoms with E-state index in [4.69, 9.17) is 0 Å². The number of hydrogen-bond acceptors (Lipinski definition) is 1. The molecule has 0 saturated heterocycles. The third-order valence-corrected chi connectivity index (χ3v) is 7.81. The van der Waals surface area contributed by atoms with Gasteiger partial charge in [0.05, 0.1) is 0 Å². The van der Waals surface area contributed by atoms with Crippen molar-refractivity contribution in [3.8, 4) is 11.1 Å². The van der Waals surface area contributed by atoms with Crippen LogP contribution in [0.1, 0.15) is 28.5 Å². The second kappa shape index (κ2) is 11.0. The first-order chi connectivity index (χ1) is 20.0. The minimum atomic E-state index is -2.19. The molecule has 0 spiro atoms. The van der Waals surface area contributed by atoms with Gasteiger partial charge in [0.2, 0.25) is 11.6 Å². The predicted octanol–water partition coefficient (Wildman–Crippen LogP) is 9.95. The van der Waals surface area contributed by atoms with Gasteiger partial charge in [0.15, 0.2) is 0 Å². The fourth-order valence-electron chi connectivity index (χ4n) is 5.56. The van der Waals surface area contributed by atoms with Crippen LogP contribution in [0.5, 0.6) is 0 Å². The van der Waals surface area contributed by atoms with Gasteiger partial charge in [-0.2, -0.15) is 0 Å². The van der Waals surface area contributed by atoms with Gasteiger partial charge in [-0.25, -0.2) is 8.78 Å². The molecule has 0 aromatic heterocycles. The Bertz CT molecular complexity index is 1510. The van der Waals surface area contributed by atoms with Crippen LogP contribution in [0.2, 0.25) is 0 Å². The van der Waals surface area contributed by atoms with E-state index in [1.54, 1.807) is 18.2 Å². The van der Waals surface area contributed by atoms with E-state index in [2.05, 4.69) is 6.58 Å². The summed E-state index contributed by atoms with van der Waals surface area (Å²) in [6.45, 7) is 3.81. The molecule has 0 fully saturated rings. The van der Waals surface area contributed by atoms with Crippen LogP contribution < -0.4 is 4.90 Å². The Balaban J connectivity index is 1.36. The summed E-state index contributed by atoms with van der Waals surface area (Å²) < 4.78 is 34.0. The van der Waals surface area contributed by atoms with Crippen molar-refractivity contribution in [2.75, 3.05) is 4.90 Å². The molecule has 4 aromatic carbocycles. The van der Waals surface area contributed by atoms with E-state index in [1.165, 1.54) is 29.2 Å². The molecule has 0 N–H and O–H groups in total. The van der Waals surface area contributed by atoms with Crippen LogP contribution in [0.4, 0.5) is 14.5 Å². The lowest BCUT2D eigenvalue weighted by atomic mass is 9.88. The topological polar surface area (TPSA) is 3.24 Å². The molecule has 0 radical (unpaired) electrons. The van der Waals surface area contributed by atoms with E-state index in [-0.39, 0.29) is 11.8 Å². The zero-order valence-corrected chi connectivity index (χ0v) is 22.7. The van der Waals surface area contributed by atoms with E-state index >= 15 is 8.78 Å². The Kier molecular flexibility index (Phi) is 7.11. The first-order valence-corrected chi connectivity index (χ1v) is 13.9. The molecule has 3 heteroatoms. The number of benzene rings is 4. The van der Waals surface area contributed by atoms with Crippen molar-refractivity contribution in [1.29, 1.82) is 0 Å². The molecule has 0 saturated carbocycles. The molecular weight excluding hydrogens is 508 g/mol. The number of hydrogen-bond donors (Lipinski definition) is 0. The van der Waals surface area contributed by atoms with Crippen LogP contribution in [-0.4, -0.2) is 11.6 Å². The van der Waals surface area contributed by atoms with Gasteiger partial charge in [-0.15, -0.1) is 0 Å². The number of anilines is 1. The molecule has 6 rings (SSSR count). The fraction of sp³-hybridized carbons (Fsp3) is 0.105. The minimum Gasteiger partial charge on any atom is -0.293 e. The van der Waals surface area contributed by atoms with E-state index in [0.717, 1.165) is 27.8 Å². The second-order valence-electron chi connectivity index (χ2n) is 10.5. The molecule has 0 amide bonds. The Morgan fingerprint density at radius 3 is 1.32 bits per heavy atom. The first kappa shape index (κ1) is 26.5. The second-order valence-corrected chi connectivity index (χ2v) is 10.5. The lowest BCUT2D eigenvalue weighted by molar-refractivity contribution is 0.175. The number of rotatable bonds is 7. The normalized spacial score (nSPS) is 24.7. The van der Waals surface area contributed by atoms with Crippen LogP contribution >= 0.6 is 0 Å². The van der Waals surface area contributed by atoms with Crippen molar-refractivity contribution in [3.63, 3.8) is 0 Å². The summed E-state index contributed by atoms with van der Waals surface area (Å²) >= 11 is 0. The molecule has 0 heterocycles. The summed E-state index contributed by atoms with van der Waals surface area (Å²) in [4.78, 5) is 1.22. The Morgan fingerprint density at radius 2 is 0.927 bits per heavy atom. The summed E-state index contributed by atoms with van der Waals surface area (Å²) in [5.41, 5.74) is 5.55. The molecular formula is C38H31F2N. The van der Waals surface area contributed by atoms with E-state index < -0.39 is 11.6 Å². The Morgan fingerprint density at radius 1 is 0.537 bits per heavy atom. The van der Waals surface area contributed by atoms with Crippen LogP contribution in [0, 0.1) is 0 Å². The molecule has 0 aliphatic heterocycles. The predicted molar refractivity (Wildman–Crippen MR) is 167 cm³/mol. The van der Waals surface area contributed by atoms with Crippen molar-refractivity contribution in [2.45, 2.75) is 23.4 Å². The third-order valence-electron chi connectivity index (χ3n) is 7.81. The summed E-state index contributed by atoms with van der Waals surface area (Å²) in [5.74, 6) is -4.56. The monoisotopic (exact) mass is 539 g/mol. The summed E-state index contributed by atoms with van der Waals surface area (Å²) in [6.07, 6.45) is 14.9. The van der Waals surface area contributed by atoms with Crippen molar-refractivity contribution in [2.24, 2.45) is 0 Å². The molecule has 0 bridgehead atoms. The Labute approximate surface area is 240 Å². The van der Waals surface area contributed by atoms with Crippen LogP contribution in [0.15, 0.2) is 164 Å². The van der Waals surface area contributed by atoms with Crippen LogP contribution in [-0.2, 0) is 0 Å². The van der Waals surface area contributed by atoms with Crippen molar-refractivity contribution in [3.05, 3.63) is 181 Å². The lowest BCUT2D eigenvalue weighted by Gasteiger charge is -2.45. The number of alkyl halides is 2. The van der Waals surface area contributed by atoms with Crippen molar-refractivity contribution >= 4 is 11.8 Å². The van der Waals surface area contributed by atoms with Gasteiger partial charge in [0, 0.05) is 17.5 Å². The SMILES string of the molecule is C=Cc1ccc(-c2ccc(N(C3(F)C=CC(c4ccccc4)C=C3)C3(F)C=CC(c4ccccc4)C=C3)cc2)cc1.